The topological polar surface area (TPSA) is 98.8 Å². The van der Waals surface area contributed by atoms with Gasteiger partial charge < -0.3 is 15.6 Å². The van der Waals surface area contributed by atoms with Gasteiger partial charge in [-0.1, -0.05) is 0 Å². The first-order valence-electron chi connectivity index (χ1n) is 5.91. The number of fused-ring (bicyclic) bond motifs is 1. The average molecular weight is 257 g/mol. The molecule has 19 heavy (non-hydrogen) atoms. The SMILES string of the molecule is CC(CC#N)N(C)c1cc2nc[nH]c(=O)c2cc1N. The van der Waals surface area contributed by atoms with Gasteiger partial charge in [0.25, 0.3) is 5.56 Å². The van der Waals surface area contributed by atoms with E-state index in [4.69, 9.17) is 11.0 Å². The zero-order valence-corrected chi connectivity index (χ0v) is 10.8. The summed E-state index contributed by atoms with van der Waals surface area (Å²) >= 11 is 0. The van der Waals surface area contributed by atoms with E-state index in [0.717, 1.165) is 5.69 Å². The predicted molar refractivity (Wildman–Crippen MR) is 74.9 cm³/mol. The Kier molecular flexibility index (Phi) is 3.38. The number of nitriles is 1. The molecule has 0 fully saturated rings. The molecule has 1 heterocycles. The third-order valence-electron chi connectivity index (χ3n) is 3.22. The second-order valence-corrected chi connectivity index (χ2v) is 4.48. The number of nitrogens with two attached hydrogens (primary N) is 1. The Morgan fingerprint density at radius 3 is 3.00 bits per heavy atom. The molecule has 2 aromatic rings. The van der Waals surface area contributed by atoms with Crippen LogP contribution < -0.4 is 16.2 Å². The van der Waals surface area contributed by atoms with E-state index < -0.39 is 0 Å². The summed E-state index contributed by atoms with van der Waals surface area (Å²) in [4.78, 5) is 20.2. The molecule has 0 saturated carbocycles. The molecule has 1 unspecified atom stereocenters. The number of anilines is 2. The molecule has 0 aliphatic carbocycles. The van der Waals surface area contributed by atoms with Crippen molar-refractivity contribution in [1.82, 2.24) is 9.97 Å². The van der Waals surface area contributed by atoms with Crippen molar-refractivity contribution in [3.05, 3.63) is 28.8 Å². The Hall–Kier alpha value is -2.55. The van der Waals surface area contributed by atoms with E-state index in [2.05, 4.69) is 16.0 Å². The van der Waals surface area contributed by atoms with E-state index >= 15 is 0 Å². The highest BCUT2D eigenvalue weighted by Crippen LogP contribution is 2.27. The van der Waals surface area contributed by atoms with Crippen LogP contribution >= 0.6 is 0 Å². The molecule has 1 aromatic heterocycles. The van der Waals surface area contributed by atoms with Crippen molar-refractivity contribution in [1.29, 1.82) is 5.26 Å². The minimum Gasteiger partial charge on any atom is -0.397 e. The van der Waals surface area contributed by atoms with Crippen molar-refractivity contribution in [2.75, 3.05) is 17.7 Å². The molecule has 0 saturated heterocycles. The number of nitrogens with zero attached hydrogens (tertiary/aromatic N) is 3. The summed E-state index contributed by atoms with van der Waals surface area (Å²) in [6, 6.07) is 5.55. The number of aromatic amines is 1. The highest BCUT2D eigenvalue weighted by Gasteiger charge is 2.14. The highest BCUT2D eigenvalue weighted by atomic mass is 16.1. The third kappa shape index (κ3) is 2.36. The lowest BCUT2D eigenvalue weighted by Crippen LogP contribution is -2.29. The van der Waals surface area contributed by atoms with Gasteiger partial charge in [0.05, 0.1) is 41.1 Å². The van der Waals surface area contributed by atoms with E-state index in [1.165, 1.54) is 6.33 Å². The van der Waals surface area contributed by atoms with Crippen molar-refractivity contribution in [3.8, 4) is 6.07 Å². The standard InChI is InChI=1S/C13H15N5O/c1-8(3-4-14)18(2)12-6-11-9(5-10(12)15)13(19)17-7-16-11/h5-8H,3,15H2,1-2H3,(H,16,17,19). The van der Waals surface area contributed by atoms with Crippen molar-refractivity contribution >= 4 is 22.3 Å². The first-order valence-corrected chi connectivity index (χ1v) is 5.91. The van der Waals surface area contributed by atoms with Crippen LogP contribution in [0.4, 0.5) is 11.4 Å². The van der Waals surface area contributed by atoms with E-state index in [9.17, 15) is 4.79 Å². The number of rotatable bonds is 3. The summed E-state index contributed by atoms with van der Waals surface area (Å²) in [6.45, 7) is 1.94. The molecule has 0 aliphatic heterocycles. The monoisotopic (exact) mass is 257 g/mol. The van der Waals surface area contributed by atoms with Crippen LogP contribution in [-0.2, 0) is 0 Å². The molecule has 0 radical (unpaired) electrons. The maximum atomic E-state index is 11.6. The van der Waals surface area contributed by atoms with E-state index in [1.807, 2.05) is 18.9 Å². The molecule has 2 rings (SSSR count). The van der Waals surface area contributed by atoms with Gasteiger partial charge in [-0.2, -0.15) is 5.26 Å². The Balaban J connectivity index is 2.54. The van der Waals surface area contributed by atoms with Crippen molar-refractivity contribution < 1.29 is 0 Å². The van der Waals surface area contributed by atoms with Crippen LogP contribution in [0.15, 0.2) is 23.3 Å². The zero-order chi connectivity index (χ0) is 14.0. The van der Waals surface area contributed by atoms with Gasteiger partial charge in [0.1, 0.15) is 0 Å². The molecule has 6 heteroatoms. The Labute approximate surface area is 110 Å². The lowest BCUT2D eigenvalue weighted by atomic mass is 10.1. The number of hydrogen-bond donors (Lipinski definition) is 2. The fraction of sp³-hybridized carbons (Fsp3) is 0.308. The van der Waals surface area contributed by atoms with E-state index in [-0.39, 0.29) is 11.6 Å². The van der Waals surface area contributed by atoms with Gasteiger partial charge in [-0.05, 0) is 19.1 Å². The second-order valence-electron chi connectivity index (χ2n) is 4.48. The summed E-state index contributed by atoms with van der Waals surface area (Å²) in [6.07, 6.45) is 1.76. The normalized spacial score (nSPS) is 12.1. The van der Waals surface area contributed by atoms with Crippen LogP contribution in [0.25, 0.3) is 10.9 Å². The second kappa shape index (κ2) is 4.98. The minimum atomic E-state index is -0.212. The molecule has 6 nitrogen and oxygen atoms in total. The van der Waals surface area contributed by atoms with Gasteiger partial charge in [0.15, 0.2) is 0 Å². The van der Waals surface area contributed by atoms with Gasteiger partial charge in [0, 0.05) is 13.1 Å². The van der Waals surface area contributed by atoms with Crippen molar-refractivity contribution in [3.63, 3.8) is 0 Å². The Bertz CT molecular complexity index is 700. The summed E-state index contributed by atoms with van der Waals surface area (Å²) in [7, 11) is 1.87. The third-order valence-corrected chi connectivity index (χ3v) is 3.22. The van der Waals surface area contributed by atoms with Crippen molar-refractivity contribution in [2.24, 2.45) is 0 Å². The molecule has 98 valence electrons. The van der Waals surface area contributed by atoms with E-state index in [0.29, 0.717) is 23.0 Å². The van der Waals surface area contributed by atoms with Crippen LogP contribution in [0.1, 0.15) is 13.3 Å². The van der Waals surface area contributed by atoms with Gasteiger partial charge in [0.2, 0.25) is 0 Å². The number of aromatic nitrogens is 2. The van der Waals surface area contributed by atoms with Gasteiger partial charge in [-0.25, -0.2) is 4.98 Å². The lowest BCUT2D eigenvalue weighted by Gasteiger charge is -2.26. The van der Waals surface area contributed by atoms with Gasteiger partial charge in [-0.3, -0.25) is 4.79 Å². The number of benzene rings is 1. The first kappa shape index (κ1) is 12.9. The van der Waals surface area contributed by atoms with Crippen LogP contribution in [0.2, 0.25) is 0 Å². The van der Waals surface area contributed by atoms with Crippen LogP contribution in [0.5, 0.6) is 0 Å². The smallest absolute Gasteiger partial charge is 0.258 e. The molecule has 0 spiro atoms. The summed E-state index contributed by atoms with van der Waals surface area (Å²) < 4.78 is 0. The molecule has 1 aromatic carbocycles. The molecule has 0 bridgehead atoms. The number of nitrogens with one attached hydrogen (secondary N) is 1. The Morgan fingerprint density at radius 2 is 2.32 bits per heavy atom. The summed E-state index contributed by atoms with van der Waals surface area (Å²) in [5.74, 6) is 0. The number of H-pyrrole nitrogens is 1. The molecule has 3 N–H and O–H groups in total. The van der Waals surface area contributed by atoms with Gasteiger partial charge in [-0.15, -0.1) is 0 Å². The van der Waals surface area contributed by atoms with Crippen LogP contribution in [-0.4, -0.2) is 23.1 Å². The average Bonchev–Trinajstić information content (AvgIpc) is 2.39. The van der Waals surface area contributed by atoms with Crippen molar-refractivity contribution in [2.45, 2.75) is 19.4 Å². The zero-order valence-electron chi connectivity index (χ0n) is 10.8. The molecule has 0 amide bonds. The maximum absolute atomic E-state index is 11.6. The Morgan fingerprint density at radius 1 is 1.58 bits per heavy atom. The fourth-order valence-electron chi connectivity index (χ4n) is 1.93. The predicted octanol–water partition coefficient (Wildman–Crippen LogP) is 1.24. The summed E-state index contributed by atoms with van der Waals surface area (Å²) in [5, 5.41) is 9.21. The summed E-state index contributed by atoms with van der Waals surface area (Å²) in [5.41, 5.74) is 7.63. The maximum Gasteiger partial charge on any atom is 0.258 e. The minimum absolute atomic E-state index is 0.0340. The van der Waals surface area contributed by atoms with E-state index in [1.54, 1.807) is 12.1 Å². The molecule has 1 atom stereocenters. The fourth-order valence-corrected chi connectivity index (χ4v) is 1.93. The quantitative estimate of drug-likeness (QED) is 0.806. The van der Waals surface area contributed by atoms with Crippen LogP contribution in [0, 0.1) is 11.3 Å². The molecular formula is C13H15N5O. The lowest BCUT2D eigenvalue weighted by molar-refractivity contribution is 0.704. The molecular weight excluding hydrogens is 242 g/mol. The number of hydrogen-bond acceptors (Lipinski definition) is 5. The van der Waals surface area contributed by atoms with Crippen LogP contribution in [0.3, 0.4) is 0 Å². The highest BCUT2D eigenvalue weighted by molar-refractivity contribution is 5.88. The first-order chi connectivity index (χ1) is 9.04. The number of nitrogen functional groups attached to an aromatic ring is 1. The molecule has 0 aliphatic rings. The van der Waals surface area contributed by atoms with Gasteiger partial charge >= 0.3 is 0 Å². The largest absolute Gasteiger partial charge is 0.397 e.